The summed E-state index contributed by atoms with van der Waals surface area (Å²) in [6, 6.07) is 1.46. The summed E-state index contributed by atoms with van der Waals surface area (Å²) >= 11 is 0. The average molecular weight is 241 g/mol. The van der Waals surface area contributed by atoms with E-state index in [1.165, 1.54) is 12.5 Å². The molecule has 86 valence electrons. The molecule has 1 amide bonds. The first-order valence-electron chi connectivity index (χ1n) is 5.12. The number of fused-ring (bicyclic) bond motifs is 2. The highest BCUT2D eigenvalue weighted by molar-refractivity contribution is 7.92. The molecule has 3 rings (SSSR count). The monoisotopic (exact) mass is 241 g/mol. The van der Waals surface area contributed by atoms with Crippen LogP contribution in [0.1, 0.15) is 16.8 Å². The molecule has 0 aromatic carbocycles. The summed E-state index contributed by atoms with van der Waals surface area (Å²) < 4.78 is 27.9. The molecule has 2 aliphatic rings. The van der Waals surface area contributed by atoms with Gasteiger partial charge >= 0.3 is 0 Å². The normalized spacial score (nSPS) is 30.9. The molecule has 5 nitrogen and oxygen atoms in total. The van der Waals surface area contributed by atoms with Crippen LogP contribution >= 0.6 is 0 Å². The second kappa shape index (κ2) is 3.10. The molecule has 2 saturated heterocycles. The lowest BCUT2D eigenvalue weighted by Crippen LogP contribution is -2.43. The minimum Gasteiger partial charge on any atom is -0.472 e. The van der Waals surface area contributed by atoms with E-state index in [1.54, 1.807) is 11.0 Å². The zero-order chi connectivity index (χ0) is 11.3. The van der Waals surface area contributed by atoms with Crippen LogP contribution in [0.2, 0.25) is 0 Å². The van der Waals surface area contributed by atoms with Crippen molar-refractivity contribution < 1.29 is 17.6 Å². The molecule has 2 aliphatic heterocycles. The van der Waals surface area contributed by atoms with Gasteiger partial charge in [0.25, 0.3) is 5.91 Å². The minimum atomic E-state index is -2.94. The summed E-state index contributed by atoms with van der Waals surface area (Å²) in [5.41, 5.74) is 0.491. The van der Waals surface area contributed by atoms with E-state index in [0.29, 0.717) is 18.5 Å². The Bertz CT molecular complexity index is 519. The predicted octanol–water partition coefficient (Wildman–Crippen LogP) is 0.291. The van der Waals surface area contributed by atoms with Crippen molar-refractivity contribution in [3.63, 3.8) is 0 Å². The maximum absolute atomic E-state index is 12.0. The summed E-state index contributed by atoms with van der Waals surface area (Å²) in [5.74, 6) is -0.0162. The predicted molar refractivity (Wildman–Crippen MR) is 55.7 cm³/mol. The van der Waals surface area contributed by atoms with E-state index >= 15 is 0 Å². The summed E-state index contributed by atoms with van der Waals surface area (Å²) in [5, 5.41) is -0.353. The van der Waals surface area contributed by atoms with Crippen LogP contribution < -0.4 is 0 Å². The third kappa shape index (κ3) is 1.29. The van der Waals surface area contributed by atoms with Gasteiger partial charge in [-0.05, 0) is 12.5 Å². The molecule has 6 heteroatoms. The lowest BCUT2D eigenvalue weighted by atomic mass is 10.2. The third-order valence-corrected chi connectivity index (χ3v) is 5.54. The Morgan fingerprint density at radius 1 is 1.50 bits per heavy atom. The number of rotatable bonds is 1. The maximum Gasteiger partial charge on any atom is 0.257 e. The van der Waals surface area contributed by atoms with E-state index in [-0.39, 0.29) is 23.0 Å². The molecule has 0 radical (unpaired) electrons. The van der Waals surface area contributed by atoms with Crippen molar-refractivity contribution >= 4 is 15.7 Å². The molecule has 16 heavy (non-hydrogen) atoms. The van der Waals surface area contributed by atoms with Crippen molar-refractivity contribution in [1.82, 2.24) is 4.90 Å². The Morgan fingerprint density at radius 3 is 2.81 bits per heavy atom. The van der Waals surface area contributed by atoms with Crippen molar-refractivity contribution in [2.45, 2.75) is 17.7 Å². The number of amides is 1. The fourth-order valence-corrected chi connectivity index (χ4v) is 4.52. The Morgan fingerprint density at radius 2 is 2.31 bits per heavy atom. The first-order valence-corrected chi connectivity index (χ1v) is 6.84. The van der Waals surface area contributed by atoms with E-state index in [4.69, 9.17) is 4.42 Å². The van der Waals surface area contributed by atoms with Gasteiger partial charge in [-0.25, -0.2) is 8.42 Å². The SMILES string of the molecule is O=C(c1ccoc1)N1C[C@H]2C[C@H]1CS2(=O)=O. The quantitative estimate of drug-likeness (QED) is 0.708. The van der Waals surface area contributed by atoms with Crippen molar-refractivity contribution in [3.8, 4) is 0 Å². The van der Waals surface area contributed by atoms with Gasteiger partial charge in [0.2, 0.25) is 0 Å². The number of carbonyl (C=O) groups is 1. The van der Waals surface area contributed by atoms with E-state index in [9.17, 15) is 13.2 Å². The van der Waals surface area contributed by atoms with Gasteiger partial charge in [0, 0.05) is 12.6 Å². The molecule has 0 spiro atoms. The number of hydrogen-bond acceptors (Lipinski definition) is 4. The van der Waals surface area contributed by atoms with Gasteiger partial charge in [0.05, 0.1) is 22.8 Å². The standard InChI is InChI=1S/C10H11NO4S/c12-10(7-1-2-15-5-7)11-4-9-3-8(11)6-16(9,13)14/h1-2,5,8-9H,3-4,6H2/t8-,9+/m0/s1. The molecule has 0 aliphatic carbocycles. The summed E-state index contributed by atoms with van der Waals surface area (Å²) in [4.78, 5) is 13.6. The molecule has 2 bridgehead atoms. The lowest BCUT2D eigenvalue weighted by Gasteiger charge is -2.26. The maximum atomic E-state index is 12.0. The molecule has 2 atom stereocenters. The lowest BCUT2D eigenvalue weighted by molar-refractivity contribution is 0.0745. The zero-order valence-corrected chi connectivity index (χ0v) is 9.31. The first-order chi connectivity index (χ1) is 7.58. The molecule has 0 N–H and O–H groups in total. The highest BCUT2D eigenvalue weighted by Crippen LogP contribution is 2.33. The van der Waals surface area contributed by atoms with Gasteiger partial charge in [-0.15, -0.1) is 0 Å². The molecule has 1 aromatic heterocycles. The van der Waals surface area contributed by atoms with Gasteiger partial charge in [0.1, 0.15) is 6.26 Å². The third-order valence-electron chi connectivity index (χ3n) is 3.34. The fraction of sp³-hybridized carbons (Fsp3) is 0.500. The van der Waals surface area contributed by atoms with Gasteiger partial charge in [-0.3, -0.25) is 4.79 Å². The molecule has 0 saturated carbocycles. The second-order valence-electron chi connectivity index (χ2n) is 4.31. The van der Waals surface area contributed by atoms with Gasteiger partial charge in [-0.1, -0.05) is 0 Å². The van der Waals surface area contributed by atoms with Gasteiger partial charge < -0.3 is 9.32 Å². The van der Waals surface area contributed by atoms with Crippen LogP contribution in [-0.2, 0) is 9.84 Å². The number of nitrogens with zero attached hydrogens (tertiary/aromatic N) is 1. The number of carbonyl (C=O) groups excluding carboxylic acids is 1. The smallest absolute Gasteiger partial charge is 0.257 e. The first kappa shape index (κ1) is 9.89. The molecular weight excluding hydrogens is 230 g/mol. The summed E-state index contributed by atoms with van der Waals surface area (Å²) in [7, 11) is -2.94. The summed E-state index contributed by atoms with van der Waals surface area (Å²) in [6.45, 7) is 0.330. The zero-order valence-electron chi connectivity index (χ0n) is 8.50. The highest BCUT2D eigenvalue weighted by Gasteiger charge is 2.50. The van der Waals surface area contributed by atoms with Crippen LogP contribution in [-0.4, -0.2) is 42.8 Å². The second-order valence-corrected chi connectivity index (χ2v) is 6.64. The van der Waals surface area contributed by atoms with Crippen LogP contribution in [0.5, 0.6) is 0 Å². The van der Waals surface area contributed by atoms with Crippen molar-refractivity contribution in [2.24, 2.45) is 0 Å². The summed E-state index contributed by atoms with van der Waals surface area (Å²) in [6.07, 6.45) is 3.42. The van der Waals surface area contributed by atoms with E-state index < -0.39 is 9.84 Å². The van der Waals surface area contributed by atoms with Gasteiger partial charge in [0.15, 0.2) is 9.84 Å². The van der Waals surface area contributed by atoms with Crippen molar-refractivity contribution in [3.05, 3.63) is 24.2 Å². The average Bonchev–Trinajstić information content (AvgIpc) is 2.88. The van der Waals surface area contributed by atoms with Gasteiger partial charge in [-0.2, -0.15) is 0 Å². The van der Waals surface area contributed by atoms with Crippen molar-refractivity contribution in [2.75, 3.05) is 12.3 Å². The molecular formula is C10H11NO4S. The number of likely N-dealkylation sites (tertiary alicyclic amines) is 1. The van der Waals surface area contributed by atoms with E-state index in [0.717, 1.165) is 0 Å². The Hall–Kier alpha value is -1.30. The van der Waals surface area contributed by atoms with E-state index in [1.807, 2.05) is 0 Å². The molecule has 3 heterocycles. The minimum absolute atomic E-state index is 0.112. The van der Waals surface area contributed by atoms with Crippen LogP contribution in [0.25, 0.3) is 0 Å². The largest absolute Gasteiger partial charge is 0.472 e. The fourth-order valence-electron chi connectivity index (χ4n) is 2.50. The molecule has 1 aromatic rings. The Labute approximate surface area is 93.0 Å². The highest BCUT2D eigenvalue weighted by atomic mass is 32.2. The van der Waals surface area contributed by atoms with Crippen LogP contribution in [0.15, 0.2) is 23.0 Å². The Kier molecular flexibility index (Phi) is 1.92. The molecule has 0 unspecified atom stereocenters. The van der Waals surface area contributed by atoms with Crippen LogP contribution in [0.3, 0.4) is 0 Å². The van der Waals surface area contributed by atoms with Crippen LogP contribution in [0, 0.1) is 0 Å². The number of sulfone groups is 1. The van der Waals surface area contributed by atoms with Crippen LogP contribution in [0.4, 0.5) is 0 Å². The topological polar surface area (TPSA) is 67.6 Å². The van der Waals surface area contributed by atoms with E-state index in [2.05, 4.69) is 0 Å². The number of furan rings is 1. The number of hydrogen-bond donors (Lipinski definition) is 0. The molecule has 2 fully saturated rings. The van der Waals surface area contributed by atoms with Crippen molar-refractivity contribution in [1.29, 1.82) is 0 Å². The Balaban J connectivity index is 1.84.